The van der Waals surface area contributed by atoms with Gasteiger partial charge in [-0.2, -0.15) is 0 Å². The highest BCUT2D eigenvalue weighted by atomic mass is 16.3. The first kappa shape index (κ1) is 12.4. The lowest BCUT2D eigenvalue weighted by atomic mass is 9.69. The number of aromatic hydroxyl groups is 1. The van der Waals surface area contributed by atoms with Crippen LogP contribution >= 0.6 is 0 Å². The van der Waals surface area contributed by atoms with Gasteiger partial charge in [0.15, 0.2) is 0 Å². The fourth-order valence-corrected chi connectivity index (χ4v) is 2.96. The number of para-hydroxylation sites is 1. The summed E-state index contributed by atoms with van der Waals surface area (Å²) in [7, 11) is 0. The molecule has 0 bridgehead atoms. The van der Waals surface area contributed by atoms with Gasteiger partial charge in [0.05, 0.1) is 6.61 Å². The molecule has 0 spiro atoms. The molecular formula is C14H21NO2. The highest BCUT2D eigenvalue weighted by molar-refractivity contribution is 5.45. The quantitative estimate of drug-likeness (QED) is 0.751. The van der Waals surface area contributed by atoms with Crippen LogP contribution in [0.5, 0.6) is 5.75 Å². The summed E-state index contributed by atoms with van der Waals surface area (Å²) in [4.78, 5) is 0. The van der Waals surface area contributed by atoms with E-state index in [0.717, 1.165) is 18.4 Å². The number of rotatable bonds is 3. The Balaban J connectivity index is 2.43. The van der Waals surface area contributed by atoms with Gasteiger partial charge in [0.2, 0.25) is 0 Å². The normalized spacial score (nSPS) is 19.2. The molecule has 1 aliphatic carbocycles. The third-order valence-corrected chi connectivity index (χ3v) is 4.06. The van der Waals surface area contributed by atoms with Gasteiger partial charge in [0.1, 0.15) is 5.75 Å². The Labute approximate surface area is 102 Å². The Morgan fingerprint density at radius 1 is 1.18 bits per heavy atom. The van der Waals surface area contributed by atoms with Crippen LogP contribution in [-0.2, 0) is 12.0 Å². The number of hydrogen-bond acceptors (Lipinski definition) is 3. The third kappa shape index (κ3) is 2.17. The van der Waals surface area contributed by atoms with E-state index in [1.807, 2.05) is 12.1 Å². The van der Waals surface area contributed by atoms with Crippen molar-refractivity contribution in [1.29, 1.82) is 0 Å². The van der Waals surface area contributed by atoms with Crippen LogP contribution in [0.25, 0.3) is 0 Å². The maximum absolute atomic E-state index is 10.2. The zero-order valence-electron chi connectivity index (χ0n) is 10.2. The largest absolute Gasteiger partial charge is 0.507 e. The fourth-order valence-electron chi connectivity index (χ4n) is 2.96. The summed E-state index contributed by atoms with van der Waals surface area (Å²) < 4.78 is 0. The first-order valence-corrected chi connectivity index (χ1v) is 6.36. The van der Waals surface area contributed by atoms with Crippen molar-refractivity contribution in [3.05, 3.63) is 29.3 Å². The number of aliphatic hydroxyl groups excluding tert-OH is 1. The average Bonchev–Trinajstić information content (AvgIpc) is 2.40. The van der Waals surface area contributed by atoms with Crippen molar-refractivity contribution >= 4 is 0 Å². The highest BCUT2D eigenvalue weighted by Crippen LogP contribution is 2.43. The fraction of sp³-hybridized carbons (Fsp3) is 0.571. The number of phenols is 1. The van der Waals surface area contributed by atoms with E-state index in [4.69, 9.17) is 5.73 Å². The SMILES string of the molecule is NCC1(c2cccc(CO)c2O)CCCCC1. The third-order valence-electron chi connectivity index (χ3n) is 4.06. The Morgan fingerprint density at radius 2 is 1.88 bits per heavy atom. The Hall–Kier alpha value is -1.06. The standard InChI is InChI=1S/C14H21NO2/c15-10-14(7-2-1-3-8-14)12-6-4-5-11(9-16)13(12)17/h4-6,16-17H,1-3,7-10,15H2. The summed E-state index contributed by atoms with van der Waals surface area (Å²) >= 11 is 0. The summed E-state index contributed by atoms with van der Waals surface area (Å²) in [6.45, 7) is 0.440. The minimum atomic E-state index is -0.125. The minimum absolute atomic E-state index is 0.0898. The summed E-state index contributed by atoms with van der Waals surface area (Å²) in [5, 5.41) is 19.4. The van der Waals surface area contributed by atoms with Crippen molar-refractivity contribution in [2.24, 2.45) is 5.73 Å². The second kappa shape index (κ2) is 5.07. The molecule has 0 heterocycles. The van der Waals surface area contributed by atoms with E-state index in [1.165, 1.54) is 19.3 Å². The number of benzene rings is 1. The van der Waals surface area contributed by atoms with Gasteiger partial charge < -0.3 is 15.9 Å². The van der Waals surface area contributed by atoms with Crippen molar-refractivity contribution in [1.82, 2.24) is 0 Å². The van der Waals surface area contributed by atoms with Gasteiger partial charge in [-0.15, -0.1) is 0 Å². The molecule has 1 saturated carbocycles. The van der Waals surface area contributed by atoms with Gasteiger partial charge in [0, 0.05) is 23.1 Å². The molecule has 1 aromatic rings. The van der Waals surface area contributed by atoms with Gasteiger partial charge in [0.25, 0.3) is 0 Å². The van der Waals surface area contributed by atoms with E-state index in [-0.39, 0.29) is 17.8 Å². The predicted molar refractivity (Wildman–Crippen MR) is 67.8 cm³/mol. The molecule has 17 heavy (non-hydrogen) atoms. The van der Waals surface area contributed by atoms with Gasteiger partial charge in [-0.1, -0.05) is 37.5 Å². The molecule has 3 nitrogen and oxygen atoms in total. The molecule has 0 aliphatic heterocycles. The molecule has 0 saturated heterocycles. The molecule has 1 aliphatic rings. The molecular weight excluding hydrogens is 214 g/mol. The minimum Gasteiger partial charge on any atom is -0.507 e. The maximum Gasteiger partial charge on any atom is 0.124 e. The van der Waals surface area contributed by atoms with E-state index >= 15 is 0 Å². The van der Waals surface area contributed by atoms with Gasteiger partial charge >= 0.3 is 0 Å². The number of hydrogen-bond donors (Lipinski definition) is 3. The van der Waals surface area contributed by atoms with Gasteiger partial charge in [-0.25, -0.2) is 0 Å². The number of nitrogens with two attached hydrogens (primary N) is 1. The van der Waals surface area contributed by atoms with Crippen LogP contribution in [-0.4, -0.2) is 16.8 Å². The summed E-state index contributed by atoms with van der Waals surface area (Å²) in [6, 6.07) is 5.60. The lowest BCUT2D eigenvalue weighted by Gasteiger charge is -2.37. The lowest BCUT2D eigenvalue weighted by Crippen LogP contribution is -2.37. The van der Waals surface area contributed by atoms with Crippen LogP contribution in [0.15, 0.2) is 18.2 Å². The summed E-state index contributed by atoms with van der Waals surface area (Å²) in [6.07, 6.45) is 5.65. The second-order valence-electron chi connectivity index (χ2n) is 5.02. The molecule has 0 amide bonds. The van der Waals surface area contributed by atoms with Crippen LogP contribution in [0, 0.1) is 0 Å². The van der Waals surface area contributed by atoms with Gasteiger partial charge in [-0.3, -0.25) is 0 Å². The summed E-state index contributed by atoms with van der Waals surface area (Å²) in [5.74, 6) is 0.238. The molecule has 94 valence electrons. The monoisotopic (exact) mass is 235 g/mol. The number of aliphatic hydroxyl groups is 1. The Kier molecular flexibility index (Phi) is 3.69. The highest BCUT2D eigenvalue weighted by Gasteiger charge is 2.34. The first-order chi connectivity index (χ1) is 8.23. The molecule has 0 radical (unpaired) electrons. The molecule has 0 aromatic heterocycles. The zero-order valence-corrected chi connectivity index (χ0v) is 10.2. The van der Waals surface area contributed by atoms with E-state index in [9.17, 15) is 10.2 Å². The second-order valence-corrected chi connectivity index (χ2v) is 5.02. The predicted octanol–water partition coefficient (Wildman–Crippen LogP) is 2.05. The topological polar surface area (TPSA) is 66.5 Å². The van der Waals surface area contributed by atoms with E-state index in [0.29, 0.717) is 12.1 Å². The van der Waals surface area contributed by atoms with Crippen LogP contribution in [0.1, 0.15) is 43.2 Å². The molecule has 0 unspecified atom stereocenters. The Morgan fingerprint density at radius 3 is 2.47 bits per heavy atom. The van der Waals surface area contributed by atoms with Crippen molar-refractivity contribution < 1.29 is 10.2 Å². The Bertz CT molecular complexity index is 384. The van der Waals surface area contributed by atoms with Gasteiger partial charge in [-0.05, 0) is 12.8 Å². The first-order valence-electron chi connectivity index (χ1n) is 6.36. The van der Waals surface area contributed by atoms with E-state index in [2.05, 4.69) is 0 Å². The van der Waals surface area contributed by atoms with Crippen molar-refractivity contribution in [2.75, 3.05) is 6.54 Å². The molecule has 1 fully saturated rings. The maximum atomic E-state index is 10.2. The van der Waals surface area contributed by atoms with Crippen LogP contribution in [0.3, 0.4) is 0 Å². The summed E-state index contributed by atoms with van der Waals surface area (Å²) in [5.41, 5.74) is 7.39. The van der Waals surface area contributed by atoms with Crippen molar-refractivity contribution in [3.63, 3.8) is 0 Å². The smallest absolute Gasteiger partial charge is 0.124 e. The van der Waals surface area contributed by atoms with Crippen LogP contribution < -0.4 is 5.73 Å². The molecule has 3 heteroatoms. The molecule has 0 atom stereocenters. The molecule has 2 rings (SSSR count). The molecule has 1 aromatic carbocycles. The van der Waals surface area contributed by atoms with Crippen LogP contribution in [0.4, 0.5) is 0 Å². The van der Waals surface area contributed by atoms with Crippen molar-refractivity contribution in [2.45, 2.75) is 44.1 Å². The van der Waals surface area contributed by atoms with Crippen LogP contribution in [0.2, 0.25) is 0 Å². The average molecular weight is 235 g/mol. The van der Waals surface area contributed by atoms with E-state index in [1.54, 1.807) is 6.07 Å². The molecule has 4 N–H and O–H groups in total. The van der Waals surface area contributed by atoms with E-state index < -0.39 is 0 Å². The zero-order chi connectivity index (χ0) is 12.3. The lowest BCUT2D eigenvalue weighted by molar-refractivity contribution is 0.267. The van der Waals surface area contributed by atoms with Crippen molar-refractivity contribution in [3.8, 4) is 5.75 Å².